The molecule has 328 valence electrons. The summed E-state index contributed by atoms with van der Waals surface area (Å²) in [6.45, 7) is 9.48. The number of nitrogens with zero attached hydrogens (tertiary/aromatic N) is 2. The van der Waals surface area contributed by atoms with Crippen molar-refractivity contribution >= 4 is 78.2 Å². The average Bonchev–Trinajstić information content (AvgIpc) is 3.75. The molecular weight excluding hydrogens is 853 g/mol. The number of rotatable bonds is 6. The first-order valence-electron chi connectivity index (χ1n) is 24.2. The van der Waals surface area contributed by atoms with Crippen molar-refractivity contribution in [3.63, 3.8) is 0 Å². The van der Waals surface area contributed by atoms with Crippen molar-refractivity contribution in [3.8, 4) is 33.4 Å². The monoisotopic (exact) mass is 900 g/mol. The van der Waals surface area contributed by atoms with Gasteiger partial charge in [-0.1, -0.05) is 185 Å². The second-order valence-corrected chi connectivity index (χ2v) is 21.2. The fourth-order valence-electron chi connectivity index (χ4n) is 12.1. The van der Waals surface area contributed by atoms with Gasteiger partial charge in [0.2, 0.25) is 0 Å². The van der Waals surface area contributed by atoms with E-state index in [1.54, 1.807) is 0 Å². The summed E-state index contributed by atoms with van der Waals surface area (Å²) in [5.74, 6) is 0. The molecular formula is C66H48N2S. The van der Waals surface area contributed by atoms with Gasteiger partial charge in [0, 0.05) is 59.8 Å². The Morgan fingerprint density at radius 2 is 0.754 bits per heavy atom. The summed E-state index contributed by atoms with van der Waals surface area (Å²) in [5, 5.41) is 7.46. The Kier molecular flexibility index (Phi) is 8.64. The number of hydrogen-bond donors (Lipinski definition) is 0. The Morgan fingerprint density at radius 3 is 1.36 bits per heavy atom. The molecule has 14 rings (SSSR count). The van der Waals surface area contributed by atoms with Crippen LogP contribution in [0.2, 0.25) is 0 Å². The lowest BCUT2D eigenvalue weighted by Gasteiger charge is -2.31. The summed E-state index contributed by atoms with van der Waals surface area (Å²) < 4.78 is 0. The zero-order valence-corrected chi connectivity index (χ0v) is 39.9. The van der Waals surface area contributed by atoms with E-state index in [9.17, 15) is 0 Å². The fourth-order valence-corrected chi connectivity index (χ4v) is 13.3. The third-order valence-electron chi connectivity index (χ3n) is 15.6. The maximum absolute atomic E-state index is 2.50. The predicted molar refractivity (Wildman–Crippen MR) is 293 cm³/mol. The van der Waals surface area contributed by atoms with Gasteiger partial charge in [0.25, 0.3) is 0 Å². The summed E-state index contributed by atoms with van der Waals surface area (Å²) in [6, 6.07) is 82.0. The van der Waals surface area contributed by atoms with Crippen molar-refractivity contribution in [2.75, 3.05) is 9.80 Å². The lowest BCUT2D eigenvalue weighted by molar-refractivity contribution is 0.660. The van der Waals surface area contributed by atoms with Gasteiger partial charge in [-0.15, -0.1) is 0 Å². The van der Waals surface area contributed by atoms with Gasteiger partial charge in [0.15, 0.2) is 0 Å². The van der Waals surface area contributed by atoms with Crippen LogP contribution < -0.4 is 9.80 Å². The highest BCUT2D eigenvalue weighted by molar-refractivity contribution is 7.99. The summed E-state index contributed by atoms with van der Waals surface area (Å²) >= 11 is 1.89. The van der Waals surface area contributed by atoms with E-state index in [0.29, 0.717) is 0 Å². The van der Waals surface area contributed by atoms with Crippen molar-refractivity contribution in [3.05, 3.63) is 241 Å². The summed E-state index contributed by atoms with van der Waals surface area (Å²) in [6.07, 6.45) is 0. The molecule has 0 bridgehead atoms. The Hall–Kier alpha value is -7.85. The maximum Gasteiger partial charge on any atom is 0.0540 e. The Morgan fingerprint density at radius 1 is 0.304 bits per heavy atom. The molecule has 1 heterocycles. The molecule has 11 aromatic carbocycles. The Bertz CT molecular complexity index is 3970. The van der Waals surface area contributed by atoms with Crippen LogP contribution in [0.4, 0.5) is 34.1 Å². The van der Waals surface area contributed by atoms with Gasteiger partial charge in [-0.05, 0) is 150 Å². The first-order valence-corrected chi connectivity index (χ1v) is 25.0. The SMILES string of the molecule is CC1(C)c2ccccc2-c2ccc(N(c3ccc4c(c3)Sc3cccc5c(N(c6ccc7c(c6)C(C)(C)c6ccccc6-7)c6ccc7ccccc7c6)ccc-4c35)c3ccc4ccccc4c3)cc21. The van der Waals surface area contributed by atoms with E-state index < -0.39 is 0 Å². The van der Waals surface area contributed by atoms with Crippen molar-refractivity contribution in [2.24, 2.45) is 0 Å². The molecule has 0 amide bonds. The second kappa shape index (κ2) is 14.8. The van der Waals surface area contributed by atoms with Crippen LogP contribution in [0.5, 0.6) is 0 Å². The third kappa shape index (κ3) is 6.00. The molecule has 2 aliphatic carbocycles. The molecule has 0 saturated heterocycles. The summed E-state index contributed by atoms with van der Waals surface area (Å²) in [4.78, 5) is 7.48. The van der Waals surface area contributed by atoms with Gasteiger partial charge in [-0.3, -0.25) is 0 Å². The largest absolute Gasteiger partial charge is 0.310 e. The van der Waals surface area contributed by atoms with Crippen LogP contribution in [0.15, 0.2) is 228 Å². The molecule has 0 radical (unpaired) electrons. The predicted octanol–water partition coefficient (Wildman–Crippen LogP) is 18.8. The molecule has 11 aromatic rings. The van der Waals surface area contributed by atoms with E-state index in [4.69, 9.17) is 0 Å². The first-order chi connectivity index (χ1) is 33.7. The van der Waals surface area contributed by atoms with E-state index in [0.717, 1.165) is 28.4 Å². The smallest absolute Gasteiger partial charge is 0.0540 e. The van der Waals surface area contributed by atoms with Crippen LogP contribution in [0.3, 0.4) is 0 Å². The zero-order valence-electron chi connectivity index (χ0n) is 39.1. The van der Waals surface area contributed by atoms with Crippen molar-refractivity contribution in [1.29, 1.82) is 0 Å². The molecule has 1 aliphatic heterocycles. The lowest BCUT2D eigenvalue weighted by atomic mass is 9.82. The van der Waals surface area contributed by atoms with Gasteiger partial charge >= 0.3 is 0 Å². The topological polar surface area (TPSA) is 6.48 Å². The van der Waals surface area contributed by atoms with Gasteiger partial charge in [-0.25, -0.2) is 0 Å². The second-order valence-electron chi connectivity index (χ2n) is 20.1. The number of fused-ring (bicyclic) bond motifs is 10. The minimum absolute atomic E-state index is 0.114. The van der Waals surface area contributed by atoms with Crippen LogP contribution in [0, 0.1) is 0 Å². The lowest BCUT2D eigenvalue weighted by Crippen LogP contribution is -2.17. The molecule has 0 fully saturated rings. The van der Waals surface area contributed by atoms with E-state index in [-0.39, 0.29) is 10.8 Å². The maximum atomic E-state index is 2.50. The van der Waals surface area contributed by atoms with Crippen molar-refractivity contribution in [1.82, 2.24) is 0 Å². The van der Waals surface area contributed by atoms with Crippen molar-refractivity contribution < 1.29 is 0 Å². The van der Waals surface area contributed by atoms with Gasteiger partial charge in [0.1, 0.15) is 0 Å². The van der Waals surface area contributed by atoms with E-state index >= 15 is 0 Å². The summed E-state index contributed by atoms with van der Waals surface area (Å²) in [7, 11) is 0. The number of hydrogen-bond acceptors (Lipinski definition) is 3. The molecule has 0 unspecified atom stereocenters. The molecule has 3 heteroatoms. The molecule has 69 heavy (non-hydrogen) atoms. The zero-order chi connectivity index (χ0) is 46.2. The molecule has 0 saturated carbocycles. The van der Waals surface area contributed by atoms with E-state index in [1.807, 2.05) is 11.8 Å². The molecule has 3 aliphatic rings. The standard InChI is InChI=1S/C66H48N2S/c1-65(2)57-21-11-9-18-50(57)52-31-28-47(38-59(52)65)67(45-26-24-41-14-5-7-16-43(41)36-45)49-30-33-54-55-34-35-61(56-20-13-23-62(64(55)56)69-63(54)40-49)68(46-27-25-42-15-6-8-17-44(42)37-46)48-29-32-53-51-19-10-12-22-58(51)66(3,4)60(53)39-48/h5-40H,1-4H3. The highest BCUT2D eigenvalue weighted by Gasteiger charge is 2.37. The Labute approximate surface area is 408 Å². The van der Waals surface area contributed by atoms with Crippen LogP contribution in [0.25, 0.3) is 65.7 Å². The van der Waals surface area contributed by atoms with E-state index in [1.165, 1.54) is 103 Å². The van der Waals surface area contributed by atoms with Gasteiger partial charge in [-0.2, -0.15) is 0 Å². The van der Waals surface area contributed by atoms with Crippen LogP contribution in [-0.2, 0) is 10.8 Å². The average molecular weight is 901 g/mol. The van der Waals surface area contributed by atoms with Gasteiger partial charge < -0.3 is 9.80 Å². The third-order valence-corrected chi connectivity index (χ3v) is 16.7. The van der Waals surface area contributed by atoms with Crippen LogP contribution in [-0.4, -0.2) is 0 Å². The van der Waals surface area contributed by atoms with Gasteiger partial charge in [0.05, 0.1) is 5.69 Å². The summed E-state index contributed by atoms with van der Waals surface area (Å²) in [5.41, 5.74) is 20.0. The first kappa shape index (κ1) is 40.2. The highest BCUT2D eigenvalue weighted by Crippen LogP contribution is 2.56. The van der Waals surface area contributed by atoms with Crippen LogP contribution in [0.1, 0.15) is 49.9 Å². The molecule has 0 N–H and O–H groups in total. The minimum atomic E-state index is -0.122. The van der Waals surface area contributed by atoms with Crippen molar-refractivity contribution in [2.45, 2.75) is 48.3 Å². The molecule has 0 atom stereocenters. The molecule has 2 nitrogen and oxygen atoms in total. The molecule has 0 aromatic heterocycles. The molecule has 0 spiro atoms. The van der Waals surface area contributed by atoms with Crippen LogP contribution >= 0.6 is 11.8 Å². The fraction of sp³-hybridized carbons (Fsp3) is 0.0909. The Balaban J connectivity index is 0.917. The normalized spacial score (nSPS) is 14.3. The van der Waals surface area contributed by atoms with E-state index in [2.05, 4.69) is 256 Å². The quantitative estimate of drug-likeness (QED) is 0.164. The minimum Gasteiger partial charge on any atom is -0.310 e. The highest BCUT2D eigenvalue weighted by atomic mass is 32.2. The number of benzene rings is 11. The number of anilines is 6.